The van der Waals surface area contributed by atoms with Crippen molar-refractivity contribution in [3.63, 3.8) is 0 Å². The van der Waals surface area contributed by atoms with Gasteiger partial charge in [0, 0.05) is 22.7 Å². The van der Waals surface area contributed by atoms with Gasteiger partial charge in [-0.3, -0.25) is 0 Å². The van der Waals surface area contributed by atoms with E-state index in [1.165, 1.54) is 11.3 Å². The summed E-state index contributed by atoms with van der Waals surface area (Å²) in [5.74, 6) is 0.167. The third-order valence-corrected chi connectivity index (χ3v) is 4.26. The highest BCUT2D eigenvalue weighted by molar-refractivity contribution is 9.10. The first-order valence-corrected chi connectivity index (χ1v) is 6.35. The smallest absolute Gasteiger partial charge is 0.0681 e. The molecule has 0 saturated carbocycles. The zero-order valence-corrected chi connectivity index (χ0v) is 11.2. The molecule has 2 atom stereocenters. The van der Waals surface area contributed by atoms with Crippen LogP contribution in [0, 0.1) is 24.2 Å². The van der Waals surface area contributed by atoms with Crippen molar-refractivity contribution in [3.05, 3.63) is 28.2 Å². The zero-order valence-electron chi connectivity index (χ0n) is 9.57. The molecule has 16 heavy (non-hydrogen) atoms. The summed E-state index contributed by atoms with van der Waals surface area (Å²) in [6.45, 7) is 5.20. The van der Waals surface area contributed by atoms with Gasteiger partial charge < -0.3 is 4.90 Å². The van der Waals surface area contributed by atoms with Crippen LogP contribution in [0.1, 0.15) is 18.9 Å². The van der Waals surface area contributed by atoms with Gasteiger partial charge in [-0.2, -0.15) is 5.26 Å². The number of nitriles is 1. The molecule has 1 aromatic carbocycles. The van der Waals surface area contributed by atoms with Crippen LogP contribution in [0.2, 0.25) is 0 Å². The summed E-state index contributed by atoms with van der Waals surface area (Å²) >= 11 is 3.55. The van der Waals surface area contributed by atoms with E-state index in [4.69, 9.17) is 5.26 Å². The molecule has 1 saturated heterocycles. The maximum atomic E-state index is 9.01. The van der Waals surface area contributed by atoms with Crippen LogP contribution in [0.5, 0.6) is 0 Å². The Morgan fingerprint density at radius 2 is 2.25 bits per heavy atom. The van der Waals surface area contributed by atoms with Crippen molar-refractivity contribution < 1.29 is 0 Å². The predicted molar refractivity (Wildman–Crippen MR) is 69.4 cm³/mol. The monoisotopic (exact) mass is 278 g/mol. The Labute approximate surface area is 105 Å². The Kier molecular flexibility index (Phi) is 3.20. The van der Waals surface area contributed by atoms with Gasteiger partial charge in [0.2, 0.25) is 0 Å². The molecule has 0 aromatic heterocycles. The Hall–Kier alpha value is -1.01. The van der Waals surface area contributed by atoms with Crippen LogP contribution in [0.15, 0.2) is 22.7 Å². The predicted octanol–water partition coefficient (Wildman–Crippen LogP) is 3.50. The normalized spacial score (nSPS) is 24.5. The molecule has 2 rings (SSSR count). The Morgan fingerprint density at radius 3 is 2.81 bits per heavy atom. The van der Waals surface area contributed by atoms with Gasteiger partial charge in [0.15, 0.2) is 0 Å². The molecule has 2 unspecified atom stereocenters. The molecule has 1 aliphatic heterocycles. The molecule has 0 aliphatic carbocycles. The first kappa shape index (κ1) is 11.5. The molecule has 0 radical (unpaired) electrons. The molecular weight excluding hydrogens is 264 g/mol. The number of aryl methyl sites for hydroxylation is 1. The standard InChI is InChI=1S/C13H15BrN2/c1-9-3-4-12(7-13(9)14)16-6-5-11(8-15)10(16)2/h3-4,7,10-11H,5-6H2,1-2H3. The minimum atomic E-state index is 0.167. The molecule has 0 bridgehead atoms. The lowest BCUT2D eigenvalue weighted by molar-refractivity contribution is 0.615. The lowest BCUT2D eigenvalue weighted by Crippen LogP contribution is -2.29. The average Bonchev–Trinajstić information content (AvgIpc) is 2.64. The van der Waals surface area contributed by atoms with E-state index in [9.17, 15) is 0 Å². The zero-order chi connectivity index (χ0) is 11.7. The van der Waals surface area contributed by atoms with Crippen LogP contribution in [0.4, 0.5) is 5.69 Å². The van der Waals surface area contributed by atoms with Crippen molar-refractivity contribution >= 4 is 21.6 Å². The highest BCUT2D eigenvalue weighted by Crippen LogP contribution is 2.31. The van der Waals surface area contributed by atoms with Gasteiger partial charge in [0.1, 0.15) is 0 Å². The fourth-order valence-corrected chi connectivity index (χ4v) is 2.60. The minimum absolute atomic E-state index is 0.167. The summed E-state index contributed by atoms with van der Waals surface area (Å²) < 4.78 is 1.14. The Balaban J connectivity index is 2.26. The van der Waals surface area contributed by atoms with Crippen LogP contribution in [0.3, 0.4) is 0 Å². The van der Waals surface area contributed by atoms with Gasteiger partial charge in [-0.15, -0.1) is 0 Å². The minimum Gasteiger partial charge on any atom is -0.367 e. The van der Waals surface area contributed by atoms with E-state index in [1.807, 2.05) is 0 Å². The average molecular weight is 279 g/mol. The fraction of sp³-hybridized carbons (Fsp3) is 0.462. The molecular formula is C13H15BrN2. The van der Waals surface area contributed by atoms with Gasteiger partial charge in [-0.25, -0.2) is 0 Å². The topological polar surface area (TPSA) is 27.0 Å². The molecule has 0 N–H and O–H groups in total. The highest BCUT2D eigenvalue weighted by Gasteiger charge is 2.30. The van der Waals surface area contributed by atoms with Crippen molar-refractivity contribution in [2.24, 2.45) is 5.92 Å². The van der Waals surface area contributed by atoms with Crippen molar-refractivity contribution in [2.45, 2.75) is 26.3 Å². The van der Waals surface area contributed by atoms with Crippen LogP contribution >= 0.6 is 15.9 Å². The van der Waals surface area contributed by atoms with Crippen LogP contribution < -0.4 is 4.90 Å². The number of anilines is 1. The van der Waals surface area contributed by atoms with E-state index >= 15 is 0 Å². The fourth-order valence-electron chi connectivity index (χ4n) is 2.24. The van der Waals surface area contributed by atoms with Crippen molar-refractivity contribution in [2.75, 3.05) is 11.4 Å². The summed E-state index contributed by atoms with van der Waals surface area (Å²) in [5.41, 5.74) is 2.45. The third kappa shape index (κ3) is 1.94. The highest BCUT2D eigenvalue weighted by atomic mass is 79.9. The number of halogens is 1. The molecule has 1 heterocycles. The molecule has 84 valence electrons. The molecule has 3 heteroatoms. The quantitative estimate of drug-likeness (QED) is 0.786. The Morgan fingerprint density at radius 1 is 1.50 bits per heavy atom. The van der Waals surface area contributed by atoms with Crippen molar-refractivity contribution in [1.29, 1.82) is 5.26 Å². The van der Waals surface area contributed by atoms with Crippen LogP contribution in [-0.2, 0) is 0 Å². The SMILES string of the molecule is Cc1ccc(N2CCC(C#N)C2C)cc1Br. The second kappa shape index (κ2) is 4.47. The molecule has 1 aromatic rings. The van der Waals surface area contributed by atoms with Gasteiger partial charge in [-0.05, 0) is 38.0 Å². The van der Waals surface area contributed by atoms with E-state index in [0.29, 0.717) is 6.04 Å². The van der Waals surface area contributed by atoms with E-state index in [-0.39, 0.29) is 5.92 Å². The van der Waals surface area contributed by atoms with E-state index in [1.54, 1.807) is 0 Å². The second-order valence-corrected chi connectivity index (χ2v) is 5.25. The van der Waals surface area contributed by atoms with Crippen LogP contribution in [-0.4, -0.2) is 12.6 Å². The summed E-state index contributed by atoms with van der Waals surface area (Å²) in [4.78, 5) is 2.32. The lowest BCUT2D eigenvalue weighted by Gasteiger charge is -2.25. The van der Waals surface area contributed by atoms with E-state index in [2.05, 4.69) is 58.9 Å². The van der Waals surface area contributed by atoms with Gasteiger partial charge in [0.25, 0.3) is 0 Å². The number of nitrogens with zero attached hydrogens (tertiary/aromatic N) is 2. The molecule has 1 fully saturated rings. The first-order chi connectivity index (χ1) is 7.63. The number of rotatable bonds is 1. The summed E-state index contributed by atoms with van der Waals surface area (Å²) in [5, 5.41) is 9.01. The lowest BCUT2D eigenvalue weighted by atomic mass is 10.0. The summed E-state index contributed by atoms with van der Waals surface area (Å²) in [6.07, 6.45) is 0.975. The summed E-state index contributed by atoms with van der Waals surface area (Å²) in [6, 6.07) is 9.10. The molecule has 0 spiro atoms. The number of hydrogen-bond donors (Lipinski definition) is 0. The van der Waals surface area contributed by atoms with E-state index < -0.39 is 0 Å². The van der Waals surface area contributed by atoms with Gasteiger partial charge >= 0.3 is 0 Å². The second-order valence-electron chi connectivity index (χ2n) is 4.39. The first-order valence-electron chi connectivity index (χ1n) is 5.56. The van der Waals surface area contributed by atoms with E-state index in [0.717, 1.165) is 17.4 Å². The summed E-state index contributed by atoms with van der Waals surface area (Å²) in [7, 11) is 0. The third-order valence-electron chi connectivity index (χ3n) is 3.41. The maximum Gasteiger partial charge on any atom is 0.0681 e. The van der Waals surface area contributed by atoms with Gasteiger partial charge in [0.05, 0.1) is 12.0 Å². The molecule has 0 amide bonds. The van der Waals surface area contributed by atoms with Crippen molar-refractivity contribution in [3.8, 4) is 6.07 Å². The van der Waals surface area contributed by atoms with Gasteiger partial charge in [-0.1, -0.05) is 22.0 Å². The number of hydrogen-bond acceptors (Lipinski definition) is 2. The number of benzene rings is 1. The largest absolute Gasteiger partial charge is 0.367 e. The Bertz CT molecular complexity index is 436. The molecule has 1 aliphatic rings. The van der Waals surface area contributed by atoms with Crippen molar-refractivity contribution in [1.82, 2.24) is 0 Å². The molecule has 2 nitrogen and oxygen atoms in total. The van der Waals surface area contributed by atoms with Crippen LogP contribution in [0.25, 0.3) is 0 Å². The maximum absolute atomic E-state index is 9.01.